The van der Waals surface area contributed by atoms with E-state index >= 15 is 0 Å². The maximum absolute atomic E-state index is 13.2. The number of nitrogens with zero attached hydrogens (tertiary/aromatic N) is 3. The number of para-hydroxylation sites is 2. The molecule has 0 atom stereocenters. The number of imidazole rings is 1. The fourth-order valence-electron chi connectivity index (χ4n) is 3.08. The van der Waals surface area contributed by atoms with Crippen LogP contribution in [0.3, 0.4) is 0 Å². The van der Waals surface area contributed by atoms with Crippen LogP contribution in [-0.4, -0.2) is 45.9 Å². The first kappa shape index (κ1) is 18.2. The first-order chi connectivity index (χ1) is 12.4. The van der Waals surface area contributed by atoms with Gasteiger partial charge in [-0.05, 0) is 25.0 Å². The molecule has 1 aromatic heterocycles. The number of nitrogens with one attached hydrogen (secondary N) is 1. The molecule has 6 nitrogen and oxygen atoms in total. The SMILES string of the molecule is O=C(Cn1c(C(F)(F)F)nc2ccccc21)NCCC(=O)N1CCCC1. The highest BCUT2D eigenvalue weighted by Gasteiger charge is 2.38. The van der Waals surface area contributed by atoms with Gasteiger partial charge in [-0.15, -0.1) is 0 Å². The number of amides is 2. The van der Waals surface area contributed by atoms with Gasteiger partial charge in [0.25, 0.3) is 0 Å². The number of fused-ring (bicyclic) bond motifs is 1. The van der Waals surface area contributed by atoms with E-state index in [-0.39, 0.29) is 29.9 Å². The lowest BCUT2D eigenvalue weighted by molar-refractivity contribution is -0.147. The second-order valence-electron chi connectivity index (χ2n) is 6.20. The van der Waals surface area contributed by atoms with Gasteiger partial charge in [-0.25, -0.2) is 4.98 Å². The number of hydrogen-bond acceptors (Lipinski definition) is 3. The molecular formula is C17H19F3N4O2. The summed E-state index contributed by atoms with van der Waals surface area (Å²) in [7, 11) is 0. The van der Waals surface area contributed by atoms with E-state index in [1.807, 2.05) is 0 Å². The number of halogens is 3. The highest BCUT2D eigenvalue weighted by molar-refractivity contribution is 5.82. The molecule has 140 valence electrons. The maximum atomic E-state index is 13.2. The molecule has 2 heterocycles. The van der Waals surface area contributed by atoms with Crippen LogP contribution < -0.4 is 5.32 Å². The molecule has 0 saturated carbocycles. The Kier molecular flexibility index (Phi) is 5.15. The van der Waals surface area contributed by atoms with Gasteiger partial charge in [-0.1, -0.05) is 12.1 Å². The quantitative estimate of drug-likeness (QED) is 0.880. The zero-order valence-corrected chi connectivity index (χ0v) is 14.1. The van der Waals surface area contributed by atoms with E-state index in [1.165, 1.54) is 12.1 Å². The van der Waals surface area contributed by atoms with E-state index in [4.69, 9.17) is 0 Å². The minimum absolute atomic E-state index is 0.0492. The maximum Gasteiger partial charge on any atom is 0.449 e. The van der Waals surface area contributed by atoms with Crippen LogP contribution in [0.25, 0.3) is 11.0 Å². The van der Waals surface area contributed by atoms with Crippen LogP contribution in [0.4, 0.5) is 13.2 Å². The van der Waals surface area contributed by atoms with Gasteiger partial charge in [0.05, 0.1) is 11.0 Å². The lowest BCUT2D eigenvalue weighted by atomic mass is 10.3. The number of alkyl halides is 3. The Labute approximate surface area is 148 Å². The van der Waals surface area contributed by atoms with Crippen molar-refractivity contribution in [1.29, 1.82) is 0 Å². The van der Waals surface area contributed by atoms with E-state index < -0.39 is 24.5 Å². The molecule has 1 aromatic carbocycles. The summed E-state index contributed by atoms with van der Waals surface area (Å²) in [5.41, 5.74) is 0.417. The third-order valence-electron chi connectivity index (χ3n) is 4.33. The van der Waals surface area contributed by atoms with Crippen molar-refractivity contribution < 1.29 is 22.8 Å². The van der Waals surface area contributed by atoms with Gasteiger partial charge in [0.15, 0.2) is 0 Å². The molecule has 1 saturated heterocycles. The van der Waals surface area contributed by atoms with Gasteiger partial charge in [0.2, 0.25) is 17.6 Å². The molecule has 0 radical (unpaired) electrons. The van der Waals surface area contributed by atoms with E-state index in [2.05, 4.69) is 10.3 Å². The van der Waals surface area contributed by atoms with Crippen molar-refractivity contribution in [2.45, 2.75) is 32.0 Å². The van der Waals surface area contributed by atoms with Crippen molar-refractivity contribution in [3.63, 3.8) is 0 Å². The molecule has 2 amide bonds. The number of benzene rings is 1. The van der Waals surface area contributed by atoms with E-state index in [0.29, 0.717) is 0 Å². The zero-order chi connectivity index (χ0) is 18.7. The van der Waals surface area contributed by atoms with E-state index in [9.17, 15) is 22.8 Å². The molecule has 9 heteroatoms. The monoisotopic (exact) mass is 368 g/mol. The van der Waals surface area contributed by atoms with Crippen LogP contribution in [0.1, 0.15) is 25.1 Å². The van der Waals surface area contributed by atoms with Crippen LogP contribution in [0, 0.1) is 0 Å². The molecule has 3 rings (SSSR count). The molecule has 0 unspecified atom stereocenters. The Morgan fingerprint density at radius 3 is 2.54 bits per heavy atom. The van der Waals surface area contributed by atoms with Crippen molar-refractivity contribution in [3.05, 3.63) is 30.1 Å². The second-order valence-corrected chi connectivity index (χ2v) is 6.20. The first-order valence-corrected chi connectivity index (χ1v) is 8.43. The molecule has 0 spiro atoms. The van der Waals surface area contributed by atoms with Crippen molar-refractivity contribution >= 4 is 22.8 Å². The molecule has 1 aliphatic rings. The summed E-state index contributed by atoms with van der Waals surface area (Å²) < 4.78 is 40.5. The van der Waals surface area contributed by atoms with Crippen LogP contribution in [0.5, 0.6) is 0 Å². The smallest absolute Gasteiger partial charge is 0.354 e. The Morgan fingerprint density at radius 2 is 1.85 bits per heavy atom. The minimum atomic E-state index is -4.66. The summed E-state index contributed by atoms with van der Waals surface area (Å²) in [6.07, 6.45) is -2.56. The van der Waals surface area contributed by atoms with Gasteiger partial charge in [-0.3, -0.25) is 9.59 Å². The third-order valence-corrected chi connectivity index (χ3v) is 4.33. The van der Waals surface area contributed by atoms with Gasteiger partial charge in [0, 0.05) is 26.1 Å². The number of likely N-dealkylation sites (tertiary alicyclic amines) is 1. The highest BCUT2D eigenvalue weighted by atomic mass is 19.4. The van der Waals surface area contributed by atoms with Gasteiger partial charge in [-0.2, -0.15) is 13.2 Å². The van der Waals surface area contributed by atoms with Crippen molar-refractivity contribution in [1.82, 2.24) is 19.8 Å². The summed E-state index contributed by atoms with van der Waals surface area (Å²) in [5.74, 6) is -1.75. The molecule has 0 aliphatic carbocycles. The molecule has 1 fully saturated rings. The second kappa shape index (κ2) is 7.35. The highest BCUT2D eigenvalue weighted by Crippen LogP contribution is 2.31. The van der Waals surface area contributed by atoms with Crippen LogP contribution in [0.2, 0.25) is 0 Å². The number of carbonyl (C=O) groups excluding carboxylic acids is 2. The fourth-order valence-corrected chi connectivity index (χ4v) is 3.08. The Balaban J connectivity index is 1.64. The Bertz CT molecular complexity index is 810. The number of hydrogen-bond donors (Lipinski definition) is 1. The first-order valence-electron chi connectivity index (χ1n) is 8.43. The summed E-state index contributed by atoms with van der Waals surface area (Å²) in [4.78, 5) is 29.3. The summed E-state index contributed by atoms with van der Waals surface area (Å²) in [5, 5.41) is 2.52. The van der Waals surface area contributed by atoms with Crippen molar-refractivity contribution in [3.8, 4) is 0 Å². The van der Waals surface area contributed by atoms with E-state index in [1.54, 1.807) is 17.0 Å². The van der Waals surface area contributed by atoms with Crippen LogP contribution in [0.15, 0.2) is 24.3 Å². The van der Waals surface area contributed by atoms with E-state index in [0.717, 1.165) is 30.5 Å². The number of rotatable bonds is 5. The Hall–Kier alpha value is -2.58. The summed E-state index contributed by atoms with van der Waals surface area (Å²) >= 11 is 0. The molecule has 1 aliphatic heterocycles. The molecule has 0 bridgehead atoms. The van der Waals surface area contributed by atoms with Crippen molar-refractivity contribution in [2.75, 3.05) is 19.6 Å². The Morgan fingerprint density at radius 1 is 1.15 bits per heavy atom. The topological polar surface area (TPSA) is 67.2 Å². The van der Waals surface area contributed by atoms with Crippen molar-refractivity contribution in [2.24, 2.45) is 0 Å². The lowest BCUT2D eigenvalue weighted by Crippen LogP contribution is -2.34. The fraction of sp³-hybridized carbons (Fsp3) is 0.471. The third kappa shape index (κ3) is 3.97. The zero-order valence-electron chi connectivity index (χ0n) is 14.1. The van der Waals surface area contributed by atoms with Crippen LogP contribution in [-0.2, 0) is 22.3 Å². The summed E-state index contributed by atoms with van der Waals surface area (Å²) in [6, 6.07) is 6.13. The molecular weight excluding hydrogens is 349 g/mol. The number of carbonyl (C=O) groups is 2. The largest absolute Gasteiger partial charge is 0.449 e. The van der Waals surface area contributed by atoms with Crippen LogP contribution >= 0.6 is 0 Å². The van der Waals surface area contributed by atoms with Gasteiger partial charge < -0.3 is 14.8 Å². The average molecular weight is 368 g/mol. The predicted octanol–water partition coefficient (Wildman–Crippen LogP) is 2.18. The molecule has 26 heavy (non-hydrogen) atoms. The standard InChI is InChI=1S/C17H19F3N4O2/c18-17(19,20)16-22-12-5-1-2-6-13(12)24(16)11-14(25)21-8-7-15(26)23-9-3-4-10-23/h1-2,5-6H,3-4,7-11H2,(H,21,25). The molecule has 1 N–H and O–H groups in total. The lowest BCUT2D eigenvalue weighted by Gasteiger charge is -2.15. The molecule has 2 aromatic rings. The van der Waals surface area contributed by atoms with Gasteiger partial charge >= 0.3 is 6.18 Å². The number of aromatic nitrogens is 2. The minimum Gasteiger partial charge on any atom is -0.354 e. The average Bonchev–Trinajstić information content (AvgIpc) is 3.23. The predicted molar refractivity (Wildman–Crippen MR) is 88.2 cm³/mol. The summed E-state index contributed by atoms with van der Waals surface area (Å²) in [6.45, 7) is 1.04. The normalized spacial score (nSPS) is 14.8. The van der Waals surface area contributed by atoms with Gasteiger partial charge in [0.1, 0.15) is 6.54 Å².